The molecule has 0 aliphatic heterocycles. The summed E-state index contributed by atoms with van der Waals surface area (Å²) in [5.41, 5.74) is 1.42. The van der Waals surface area contributed by atoms with E-state index in [2.05, 4.69) is 27.7 Å². The Balaban J connectivity index is 2.04. The Morgan fingerprint density at radius 2 is 1.73 bits per heavy atom. The summed E-state index contributed by atoms with van der Waals surface area (Å²) in [5, 5.41) is 0. The van der Waals surface area contributed by atoms with Gasteiger partial charge in [0, 0.05) is 0 Å². The van der Waals surface area contributed by atoms with Crippen molar-refractivity contribution in [3.8, 4) is 0 Å². The fraction of sp³-hybridized carbons (Fsp3) is 1.00. The van der Waals surface area contributed by atoms with Gasteiger partial charge in [-0.25, -0.2) is 0 Å². The fourth-order valence-electron chi connectivity index (χ4n) is 5.88. The van der Waals surface area contributed by atoms with Crippen LogP contribution in [0, 0.1) is 34.5 Å². The van der Waals surface area contributed by atoms with Crippen LogP contribution < -0.4 is 0 Å². The molecule has 0 amide bonds. The van der Waals surface area contributed by atoms with E-state index in [1.165, 1.54) is 19.3 Å². The van der Waals surface area contributed by atoms with Crippen molar-refractivity contribution in [3.05, 3.63) is 0 Å². The molecule has 5 atom stereocenters. The van der Waals surface area contributed by atoms with Crippen LogP contribution in [0.4, 0.5) is 0 Å². The second-order valence-electron chi connectivity index (χ2n) is 7.41. The maximum atomic E-state index is 2.57. The van der Waals surface area contributed by atoms with Gasteiger partial charge in [-0.2, -0.15) is 0 Å². The fourth-order valence-corrected chi connectivity index (χ4v) is 5.88. The van der Waals surface area contributed by atoms with Crippen molar-refractivity contribution in [2.75, 3.05) is 0 Å². The van der Waals surface area contributed by atoms with E-state index in [1.54, 1.807) is 12.8 Å². The van der Waals surface area contributed by atoms with Gasteiger partial charge < -0.3 is 0 Å². The Morgan fingerprint density at radius 3 is 2.47 bits per heavy atom. The van der Waals surface area contributed by atoms with Crippen molar-refractivity contribution in [2.45, 2.75) is 59.8 Å². The molecule has 15 heavy (non-hydrogen) atoms. The van der Waals surface area contributed by atoms with E-state index in [1.807, 2.05) is 0 Å². The van der Waals surface area contributed by atoms with Crippen LogP contribution in [0.15, 0.2) is 0 Å². The zero-order chi connectivity index (χ0) is 10.8. The largest absolute Gasteiger partial charge is 0.0622 e. The maximum Gasteiger partial charge on any atom is -0.0235 e. The molecular weight excluding hydrogens is 180 g/mol. The van der Waals surface area contributed by atoms with Gasteiger partial charge >= 0.3 is 0 Å². The van der Waals surface area contributed by atoms with Gasteiger partial charge in [0.2, 0.25) is 0 Å². The lowest BCUT2D eigenvalue weighted by Gasteiger charge is -2.39. The summed E-state index contributed by atoms with van der Waals surface area (Å²) < 4.78 is 0. The Kier molecular flexibility index (Phi) is 1.91. The molecule has 0 heterocycles. The molecular formula is C15H26. The Bertz CT molecular complexity index is 278. The van der Waals surface area contributed by atoms with Crippen molar-refractivity contribution in [1.29, 1.82) is 0 Å². The van der Waals surface area contributed by atoms with Crippen LogP contribution in [-0.4, -0.2) is 0 Å². The van der Waals surface area contributed by atoms with Gasteiger partial charge in [-0.05, 0) is 66.6 Å². The monoisotopic (exact) mass is 206 g/mol. The van der Waals surface area contributed by atoms with E-state index in [0.29, 0.717) is 5.41 Å². The topological polar surface area (TPSA) is 0 Å². The van der Waals surface area contributed by atoms with E-state index in [4.69, 9.17) is 0 Å². The third-order valence-electron chi connectivity index (χ3n) is 6.77. The van der Waals surface area contributed by atoms with Gasteiger partial charge in [0.1, 0.15) is 0 Å². The van der Waals surface area contributed by atoms with Crippen molar-refractivity contribution in [3.63, 3.8) is 0 Å². The number of fused-ring (bicyclic) bond motifs is 1. The Labute approximate surface area is 94.8 Å². The smallest absolute Gasteiger partial charge is 0.0235 e. The molecule has 3 rings (SSSR count). The standard InChI is InChI=1S/C15H26/c1-10-7-8-15-9-12(10)14(3,4)13(15)6-5-11(15)2/h10-13H,5-9H2,1-4H3/t10?,11-,12+,13+,15+/m1/s1. The summed E-state index contributed by atoms with van der Waals surface area (Å²) in [6.07, 6.45) is 7.65. The molecule has 0 heteroatoms. The molecule has 2 bridgehead atoms. The summed E-state index contributed by atoms with van der Waals surface area (Å²) >= 11 is 0. The molecule has 3 saturated carbocycles. The highest BCUT2D eigenvalue weighted by atomic mass is 14.7. The molecule has 86 valence electrons. The van der Waals surface area contributed by atoms with Crippen molar-refractivity contribution < 1.29 is 0 Å². The van der Waals surface area contributed by atoms with Gasteiger partial charge in [-0.3, -0.25) is 0 Å². The van der Waals surface area contributed by atoms with Gasteiger partial charge in [0.15, 0.2) is 0 Å². The highest BCUT2D eigenvalue weighted by Crippen LogP contribution is 2.72. The first-order valence-corrected chi connectivity index (χ1v) is 6.98. The van der Waals surface area contributed by atoms with Gasteiger partial charge in [-0.1, -0.05) is 27.7 Å². The van der Waals surface area contributed by atoms with Crippen LogP contribution in [0.2, 0.25) is 0 Å². The first-order valence-electron chi connectivity index (χ1n) is 6.98. The molecule has 0 aromatic heterocycles. The van der Waals surface area contributed by atoms with Gasteiger partial charge in [0.25, 0.3) is 0 Å². The lowest BCUT2D eigenvalue weighted by molar-refractivity contribution is 0.104. The third kappa shape index (κ3) is 1.04. The molecule has 0 aromatic rings. The molecule has 1 unspecified atom stereocenters. The van der Waals surface area contributed by atoms with E-state index >= 15 is 0 Å². The molecule has 0 radical (unpaired) electrons. The predicted octanol–water partition coefficient (Wildman–Crippen LogP) is 4.49. The van der Waals surface area contributed by atoms with Crippen LogP contribution in [0.3, 0.4) is 0 Å². The Hall–Kier alpha value is 0. The zero-order valence-electron chi connectivity index (χ0n) is 10.8. The number of rotatable bonds is 0. The summed E-state index contributed by atoms with van der Waals surface area (Å²) in [6, 6.07) is 0. The Morgan fingerprint density at radius 1 is 1.00 bits per heavy atom. The first-order chi connectivity index (χ1) is 6.98. The molecule has 0 aromatic carbocycles. The highest BCUT2D eigenvalue weighted by Gasteiger charge is 2.64. The molecule has 3 fully saturated rings. The van der Waals surface area contributed by atoms with Crippen molar-refractivity contribution in [1.82, 2.24) is 0 Å². The summed E-state index contributed by atoms with van der Waals surface area (Å²) in [5.74, 6) is 4.08. The van der Waals surface area contributed by atoms with Crippen molar-refractivity contribution >= 4 is 0 Å². The van der Waals surface area contributed by atoms with Crippen LogP contribution in [-0.2, 0) is 0 Å². The molecule has 0 saturated heterocycles. The van der Waals surface area contributed by atoms with Crippen LogP contribution in [0.1, 0.15) is 59.8 Å². The SMILES string of the molecule is CC1CC[C@@]23C[C@@H]1C(C)(C)[C@@H]2CC[C@H]3C. The third-order valence-corrected chi connectivity index (χ3v) is 6.77. The molecule has 3 aliphatic carbocycles. The molecule has 0 nitrogen and oxygen atoms in total. The lowest BCUT2D eigenvalue weighted by Crippen LogP contribution is -2.30. The van der Waals surface area contributed by atoms with E-state index < -0.39 is 0 Å². The van der Waals surface area contributed by atoms with Crippen molar-refractivity contribution in [2.24, 2.45) is 34.5 Å². The number of hydrogen-bond donors (Lipinski definition) is 0. The zero-order valence-corrected chi connectivity index (χ0v) is 10.8. The minimum Gasteiger partial charge on any atom is -0.0622 e. The van der Waals surface area contributed by atoms with Gasteiger partial charge in [-0.15, -0.1) is 0 Å². The highest BCUT2D eigenvalue weighted by molar-refractivity contribution is 5.13. The summed E-state index contributed by atoms with van der Waals surface area (Å²) in [4.78, 5) is 0. The second kappa shape index (κ2) is 2.81. The average molecular weight is 206 g/mol. The lowest BCUT2D eigenvalue weighted by atomic mass is 9.66. The molecule has 1 spiro atoms. The first kappa shape index (κ1) is 10.2. The minimum atomic E-state index is 0.640. The van der Waals surface area contributed by atoms with E-state index in [-0.39, 0.29) is 0 Å². The summed E-state index contributed by atoms with van der Waals surface area (Å²) in [7, 11) is 0. The van der Waals surface area contributed by atoms with Crippen LogP contribution in [0.5, 0.6) is 0 Å². The van der Waals surface area contributed by atoms with Crippen LogP contribution in [0.25, 0.3) is 0 Å². The average Bonchev–Trinajstić information content (AvgIpc) is 2.57. The normalized spacial score (nSPS) is 56.8. The summed E-state index contributed by atoms with van der Waals surface area (Å²) in [6.45, 7) is 10.2. The number of hydrogen-bond acceptors (Lipinski definition) is 0. The second-order valence-corrected chi connectivity index (χ2v) is 7.41. The van der Waals surface area contributed by atoms with Crippen LogP contribution >= 0.6 is 0 Å². The minimum absolute atomic E-state index is 0.640. The molecule has 0 N–H and O–H groups in total. The van der Waals surface area contributed by atoms with E-state index in [0.717, 1.165) is 29.1 Å². The maximum absolute atomic E-state index is 2.57. The predicted molar refractivity (Wildman–Crippen MR) is 64.6 cm³/mol. The van der Waals surface area contributed by atoms with Gasteiger partial charge in [0.05, 0.1) is 0 Å². The van der Waals surface area contributed by atoms with E-state index in [9.17, 15) is 0 Å². The quantitative estimate of drug-likeness (QED) is 0.547. The molecule has 3 aliphatic rings.